The lowest BCUT2D eigenvalue weighted by Gasteiger charge is -2.30. The van der Waals surface area contributed by atoms with Crippen molar-refractivity contribution in [2.45, 2.75) is 37.1 Å². The third kappa shape index (κ3) is 7.16. The molecule has 1 fully saturated rings. The molecule has 13 nitrogen and oxygen atoms in total. The lowest BCUT2D eigenvalue weighted by atomic mass is 10.1. The van der Waals surface area contributed by atoms with Crippen LogP contribution in [-0.4, -0.2) is 77.6 Å². The zero-order chi connectivity index (χ0) is 28.8. The smallest absolute Gasteiger partial charge is 0.271 e. The molecule has 0 radical (unpaired) electrons. The van der Waals surface area contributed by atoms with E-state index in [2.05, 4.69) is 5.32 Å². The second kappa shape index (κ2) is 12.6. The number of hydrogen-bond acceptors (Lipinski definition) is 9. The van der Waals surface area contributed by atoms with Crippen LogP contribution in [0.3, 0.4) is 0 Å². The number of nitro benzene ring substituents is 1. The van der Waals surface area contributed by atoms with Crippen LogP contribution in [0.4, 0.5) is 11.4 Å². The van der Waals surface area contributed by atoms with Crippen molar-refractivity contribution in [3.63, 3.8) is 0 Å². The summed E-state index contributed by atoms with van der Waals surface area (Å²) in [4.78, 5) is 23.8. The van der Waals surface area contributed by atoms with Gasteiger partial charge in [-0.25, -0.2) is 16.8 Å². The SMILES string of the molecule is CC[C@@H](C(=O)NCCOc1ccc(S(=O)(=O)N2CCCC2)cc1)N(c1cc([N+](=O)[O-])ccc1OC)S(C)(=O)=O. The third-order valence-electron chi connectivity index (χ3n) is 6.14. The monoisotopic (exact) mass is 584 g/mol. The largest absolute Gasteiger partial charge is 0.495 e. The van der Waals surface area contributed by atoms with Gasteiger partial charge in [-0.15, -0.1) is 0 Å². The third-order valence-corrected chi connectivity index (χ3v) is 9.22. The summed E-state index contributed by atoms with van der Waals surface area (Å²) >= 11 is 0. The molecule has 15 heteroatoms. The van der Waals surface area contributed by atoms with Gasteiger partial charge in [0.2, 0.25) is 26.0 Å². The Morgan fingerprint density at radius 1 is 1.13 bits per heavy atom. The molecule has 0 spiro atoms. The van der Waals surface area contributed by atoms with Gasteiger partial charge in [0.1, 0.15) is 29.8 Å². The molecule has 1 aliphatic rings. The quantitative estimate of drug-likeness (QED) is 0.211. The van der Waals surface area contributed by atoms with E-state index < -0.39 is 36.9 Å². The first-order valence-electron chi connectivity index (χ1n) is 12.2. The highest BCUT2D eigenvalue weighted by Gasteiger charge is 2.34. The maximum absolute atomic E-state index is 13.0. The second-order valence-electron chi connectivity index (χ2n) is 8.82. The first-order valence-corrected chi connectivity index (χ1v) is 15.5. The average Bonchev–Trinajstić information content (AvgIpc) is 3.45. The van der Waals surface area contributed by atoms with Crippen molar-refractivity contribution in [3.05, 3.63) is 52.6 Å². The number of carbonyl (C=O) groups excluding carboxylic acids is 1. The lowest BCUT2D eigenvalue weighted by Crippen LogP contribution is -2.50. The van der Waals surface area contributed by atoms with Crippen molar-refractivity contribution in [1.82, 2.24) is 9.62 Å². The molecule has 214 valence electrons. The van der Waals surface area contributed by atoms with Gasteiger partial charge in [-0.1, -0.05) is 6.92 Å². The van der Waals surface area contributed by atoms with Crippen LogP contribution in [0.5, 0.6) is 11.5 Å². The number of methoxy groups -OCH3 is 1. The van der Waals surface area contributed by atoms with Gasteiger partial charge < -0.3 is 14.8 Å². The molecule has 0 aromatic heterocycles. The number of non-ortho nitro benzene ring substituents is 1. The van der Waals surface area contributed by atoms with Gasteiger partial charge in [0.25, 0.3) is 5.69 Å². The molecule has 3 rings (SSSR count). The van der Waals surface area contributed by atoms with Gasteiger partial charge in [-0.2, -0.15) is 4.31 Å². The highest BCUT2D eigenvalue weighted by Crippen LogP contribution is 2.35. The molecule has 0 saturated carbocycles. The van der Waals surface area contributed by atoms with E-state index >= 15 is 0 Å². The number of nitrogens with zero attached hydrogens (tertiary/aromatic N) is 3. The van der Waals surface area contributed by atoms with E-state index in [1.54, 1.807) is 6.92 Å². The number of nitro groups is 1. The number of amides is 1. The summed E-state index contributed by atoms with van der Waals surface area (Å²) in [6.45, 7) is 2.67. The molecular weight excluding hydrogens is 552 g/mol. The Kier molecular flexibility index (Phi) is 9.74. The predicted octanol–water partition coefficient (Wildman–Crippen LogP) is 2.13. The first kappa shape index (κ1) is 30.1. The van der Waals surface area contributed by atoms with Crippen molar-refractivity contribution in [1.29, 1.82) is 0 Å². The molecule has 39 heavy (non-hydrogen) atoms. The average molecular weight is 585 g/mol. The van der Waals surface area contributed by atoms with Gasteiger partial charge >= 0.3 is 0 Å². The summed E-state index contributed by atoms with van der Waals surface area (Å²) in [5, 5.41) is 13.9. The Bertz CT molecular complexity index is 1390. The molecule has 1 heterocycles. The van der Waals surface area contributed by atoms with Crippen LogP contribution in [0.1, 0.15) is 26.2 Å². The van der Waals surface area contributed by atoms with Crippen LogP contribution in [-0.2, 0) is 24.8 Å². The standard InChI is InChI=1S/C24H32N4O9S2/c1-4-21(27(38(3,32)33)22-17-18(28(30)31)7-12-23(22)36-2)24(29)25-13-16-37-19-8-10-20(11-9-19)39(34,35)26-14-5-6-15-26/h7-12,17,21H,4-6,13-16H2,1-3H3,(H,25,29)/t21-/m0/s1. The number of rotatable bonds is 13. The number of sulfonamides is 2. The predicted molar refractivity (Wildman–Crippen MR) is 144 cm³/mol. The van der Waals surface area contributed by atoms with E-state index in [0.29, 0.717) is 18.8 Å². The Morgan fingerprint density at radius 3 is 2.31 bits per heavy atom. The maximum atomic E-state index is 13.0. The molecule has 1 N–H and O–H groups in total. The fourth-order valence-electron chi connectivity index (χ4n) is 4.25. The molecule has 1 aliphatic heterocycles. The van der Waals surface area contributed by atoms with Crippen molar-refractivity contribution < 1.29 is 36.0 Å². The van der Waals surface area contributed by atoms with Gasteiger partial charge in [-0.3, -0.25) is 19.2 Å². The van der Waals surface area contributed by atoms with E-state index in [4.69, 9.17) is 9.47 Å². The van der Waals surface area contributed by atoms with Gasteiger partial charge in [-0.05, 0) is 49.6 Å². The summed E-state index contributed by atoms with van der Waals surface area (Å²) in [5.74, 6) is -0.182. The Morgan fingerprint density at radius 2 is 1.77 bits per heavy atom. The Labute approximate surface area is 227 Å². The van der Waals surface area contributed by atoms with Gasteiger partial charge in [0.15, 0.2) is 0 Å². The normalized spacial score (nSPS) is 14.9. The molecule has 0 bridgehead atoms. The summed E-state index contributed by atoms with van der Waals surface area (Å²) in [5.41, 5.74) is -0.487. The molecule has 1 saturated heterocycles. The number of nitrogens with one attached hydrogen (secondary N) is 1. The zero-order valence-corrected chi connectivity index (χ0v) is 23.5. The summed E-state index contributed by atoms with van der Waals surface area (Å²) in [6.07, 6.45) is 2.65. The Hall–Kier alpha value is -3.43. The fourth-order valence-corrected chi connectivity index (χ4v) is 6.97. The van der Waals surface area contributed by atoms with Crippen LogP contribution < -0.4 is 19.1 Å². The number of ether oxygens (including phenoxy) is 2. The van der Waals surface area contributed by atoms with Gasteiger partial charge in [0.05, 0.1) is 29.7 Å². The highest BCUT2D eigenvalue weighted by atomic mass is 32.2. The minimum absolute atomic E-state index is 0.0207. The zero-order valence-electron chi connectivity index (χ0n) is 21.9. The molecule has 1 amide bonds. The fraction of sp³-hybridized carbons (Fsp3) is 0.458. The van der Waals surface area contributed by atoms with Crippen LogP contribution in [0.2, 0.25) is 0 Å². The van der Waals surface area contributed by atoms with Crippen LogP contribution in [0, 0.1) is 10.1 Å². The minimum Gasteiger partial charge on any atom is -0.495 e. The number of hydrogen-bond donors (Lipinski definition) is 1. The molecular formula is C24H32N4O9S2. The van der Waals surface area contributed by atoms with E-state index in [0.717, 1.165) is 29.5 Å². The molecule has 1 atom stereocenters. The molecule has 0 unspecified atom stereocenters. The first-order chi connectivity index (χ1) is 18.4. The van der Waals surface area contributed by atoms with Crippen molar-refractivity contribution >= 4 is 37.3 Å². The van der Waals surface area contributed by atoms with Crippen molar-refractivity contribution in [2.24, 2.45) is 0 Å². The number of anilines is 1. The van der Waals surface area contributed by atoms with Crippen LogP contribution in [0.25, 0.3) is 0 Å². The minimum atomic E-state index is -4.06. The summed E-state index contributed by atoms with van der Waals surface area (Å²) in [7, 11) is -6.31. The maximum Gasteiger partial charge on any atom is 0.271 e. The molecule has 2 aromatic carbocycles. The second-order valence-corrected chi connectivity index (χ2v) is 12.6. The van der Waals surface area contributed by atoms with E-state index in [1.165, 1.54) is 47.8 Å². The van der Waals surface area contributed by atoms with Crippen LogP contribution >= 0.6 is 0 Å². The molecule has 0 aliphatic carbocycles. The lowest BCUT2D eigenvalue weighted by molar-refractivity contribution is -0.384. The molecule has 2 aromatic rings. The number of benzene rings is 2. The topological polar surface area (TPSA) is 165 Å². The highest BCUT2D eigenvalue weighted by molar-refractivity contribution is 7.92. The van der Waals surface area contributed by atoms with Gasteiger partial charge in [0, 0.05) is 25.2 Å². The van der Waals surface area contributed by atoms with Crippen molar-refractivity contribution in [2.75, 3.05) is 43.9 Å². The number of carbonyl (C=O) groups is 1. The summed E-state index contributed by atoms with van der Waals surface area (Å²) < 4.78 is 63.8. The Balaban J connectivity index is 1.67. The summed E-state index contributed by atoms with van der Waals surface area (Å²) in [6, 6.07) is 8.26. The van der Waals surface area contributed by atoms with E-state index in [1.807, 2.05) is 0 Å². The van der Waals surface area contributed by atoms with E-state index in [-0.39, 0.29) is 41.6 Å². The van der Waals surface area contributed by atoms with Crippen molar-refractivity contribution in [3.8, 4) is 11.5 Å². The van der Waals surface area contributed by atoms with E-state index in [9.17, 15) is 31.7 Å². The van der Waals surface area contributed by atoms with Crippen LogP contribution in [0.15, 0.2) is 47.4 Å².